The van der Waals surface area contributed by atoms with Crippen molar-refractivity contribution >= 4 is 8.32 Å². The van der Waals surface area contributed by atoms with Gasteiger partial charge in [0.2, 0.25) is 0 Å². The van der Waals surface area contributed by atoms with Gasteiger partial charge in [0.1, 0.15) is 0 Å². The quantitative estimate of drug-likeness (QED) is 0.484. The molecule has 68 valence electrons. The molecule has 0 aromatic rings. The number of aliphatic hydroxyl groups excluding tert-OH is 1. The van der Waals surface area contributed by atoms with Gasteiger partial charge in [-0.25, -0.2) is 0 Å². The van der Waals surface area contributed by atoms with E-state index in [9.17, 15) is 0 Å². The zero-order chi connectivity index (χ0) is 8.74. The van der Waals surface area contributed by atoms with E-state index in [1.165, 1.54) is 0 Å². The van der Waals surface area contributed by atoms with E-state index in [0.29, 0.717) is 19.8 Å². The van der Waals surface area contributed by atoms with Crippen LogP contribution in [0.4, 0.5) is 0 Å². The third kappa shape index (κ3) is 10.1. The highest BCUT2D eigenvalue weighted by molar-refractivity contribution is 6.69. The van der Waals surface area contributed by atoms with E-state index < -0.39 is 8.32 Å². The summed E-state index contributed by atoms with van der Waals surface area (Å²) in [4.78, 5) is 0. The molecule has 0 rings (SSSR count). The van der Waals surface area contributed by atoms with E-state index in [4.69, 9.17) is 14.3 Å². The fraction of sp³-hybridized carbons (Fsp3) is 1.00. The minimum absolute atomic E-state index is 0.0902. The van der Waals surface area contributed by atoms with E-state index in [0.717, 1.165) is 0 Å². The first-order valence-corrected chi connectivity index (χ1v) is 7.29. The van der Waals surface area contributed by atoms with Gasteiger partial charge in [0, 0.05) is 0 Å². The second-order valence-corrected chi connectivity index (χ2v) is 7.81. The zero-order valence-electron chi connectivity index (χ0n) is 7.59. The summed E-state index contributed by atoms with van der Waals surface area (Å²) in [5.41, 5.74) is 0. The molecule has 0 saturated heterocycles. The molecular weight excluding hydrogens is 160 g/mol. The van der Waals surface area contributed by atoms with Crippen molar-refractivity contribution in [3.63, 3.8) is 0 Å². The number of hydrogen-bond donors (Lipinski definition) is 1. The van der Waals surface area contributed by atoms with Crippen LogP contribution in [0, 0.1) is 0 Å². The van der Waals surface area contributed by atoms with E-state index in [1.54, 1.807) is 0 Å². The maximum Gasteiger partial charge on any atom is 0.183 e. The Balaban J connectivity index is 3.02. The number of hydrogen-bond acceptors (Lipinski definition) is 3. The predicted octanol–water partition coefficient (Wildman–Crippen LogP) is 0.847. The van der Waals surface area contributed by atoms with Gasteiger partial charge in [-0.2, -0.15) is 0 Å². The van der Waals surface area contributed by atoms with Gasteiger partial charge in [-0.15, -0.1) is 0 Å². The summed E-state index contributed by atoms with van der Waals surface area (Å²) in [7, 11) is -1.36. The van der Waals surface area contributed by atoms with Gasteiger partial charge in [0.15, 0.2) is 8.32 Å². The number of ether oxygens (including phenoxy) is 1. The molecule has 0 saturated carbocycles. The van der Waals surface area contributed by atoms with Crippen molar-refractivity contribution in [2.75, 3.05) is 26.4 Å². The lowest BCUT2D eigenvalue weighted by Gasteiger charge is -2.16. The molecule has 3 nitrogen and oxygen atoms in total. The first-order valence-electron chi connectivity index (χ1n) is 3.89. The summed E-state index contributed by atoms with van der Waals surface area (Å²) in [5, 5.41) is 8.37. The molecule has 0 atom stereocenters. The maximum absolute atomic E-state index is 8.37. The Hall–Kier alpha value is 0.0969. The Morgan fingerprint density at radius 2 is 1.73 bits per heavy atom. The number of aliphatic hydroxyl groups is 1. The summed E-state index contributed by atoms with van der Waals surface area (Å²) in [6.07, 6.45) is 0. The second-order valence-electron chi connectivity index (χ2n) is 3.30. The smallest absolute Gasteiger partial charge is 0.183 e. The summed E-state index contributed by atoms with van der Waals surface area (Å²) in [6, 6.07) is 0. The Labute approximate surface area is 69.5 Å². The first kappa shape index (κ1) is 11.1. The monoisotopic (exact) mass is 178 g/mol. The van der Waals surface area contributed by atoms with Crippen molar-refractivity contribution in [1.29, 1.82) is 0 Å². The van der Waals surface area contributed by atoms with Crippen LogP contribution in [0.5, 0.6) is 0 Å². The molecule has 0 radical (unpaired) electrons. The van der Waals surface area contributed by atoms with Crippen LogP contribution < -0.4 is 0 Å². The molecule has 0 unspecified atom stereocenters. The van der Waals surface area contributed by atoms with Crippen LogP contribution in [0.25, 0.3) is 0 Å². The standard InChI is InChI=1S/C7H18O3Si/c1-11(2,3)10-7-6-9-5-4-8/h8H,4-7H2,1-3H3. The van der Waals surface area contributed by atoms with Crippen molar-refractivity contribution in [2.24, 2.45) is 0 Å². The third-order valence-corrected chi connectivity index (χ3v) is 2.07. The van der Waals surface area contributed by atoms with E-state index in [2.05, 4.69) is 19.6 Å². The van der Waals surface area contributed by atoms with Crippen molar-refractivity contribution in [3.8, 4) is 0 Å². The highest BCUT2D eigenvalue weighted by Gasteiger charge is 2.12. The molecular formula is C7H18O3Si. The van der Waals surface area contributed by atoms with Crippen LogP contribution in [0.1, 0.15) is 0 Å². The Morgan fingerprint density at radius 1 is 1.09 bits per heavy atom. The molecule has 0 aliphatic carbocycles. The van der Waals surface area contributed by atoms with Crippen molar-refractivity contribution in [3.05, 3.63) is 0 Å². The highest BCUT2D eigenvalue weighted by Crippen LogP contribution is 2.01. The molecule has 0 spiro atoms. The third-order valence-electron chi connectivity index (χ3n) is 0.998. The number of rotatable bonds is 6. The lowest BCUT2D eigenvalue weighted by molar-refractivity contribution is 0.0690. The van der Waals surface area contributed by atoms with Crippen LogP contribution in [-0.2, 0) is 9.16 Å². The summed E-state index contributed by atoms with van der Waals surface area (Å²) in [6.45, 7) is 8.15. The molecule has 0 aliphatic heterocycles. The Kier molecular flexibility index (Phi) is 5.76. The fourth-order valence-electron chi connectivity index (χ4n) is 0.573. The van der Waals surface area contributed by atoms with Crippen LogP contribution >= 0.6 is 0 Å². The minimum atomic E-state index is -1.36. The normalized spacial score (nSPS) is 12.0. The van der Waals surface area contributed by atoms with Gasteiger partial charge in [-0.1, -0.05) is 0 Å². The van der Waals surface area contributed by atoms with Crippen molar-refractivity contribution in [2.45, 2.75) is 19.6 Å². The van der Waals surface area contributed by atoms with Gasteiger partial charge in [0.05, 0.1) is 26.4 Å². The SMILES string of the molecule is C[Si](C)(C)OCCOCCO. The Bertz CT molecular complexity index is 90.2. The van der Waals surface area contributed by atoms with Crippen LogP contribution in [-0.4, -0.2) is 39.9 Å². The fourth-order valence-corrected chi connectivity index (χ4v) is 1.27. The van der Waals surface area contributed by atoms with Gasteiger partial charge in [0.25, 0.3) is 0 Å². The Morgan fingerprint density at radius 3 is 2.18 bits per heavy atom. The summed E-state index contributed by atoms with van der Waals surface area (Å²) >= 11 is 0. The van der Waals surface area contributed by atoms with Gasteiger partial charge >= 0.3 is 0 Å². The topological polar surface area (TPSA) is 38.7 Å². The average molecular weight is 178 g/mol. The molecule has 0 amide bonds. The van der Waals surface area contributed by atoms with Crippen LogP contribution in [0.15, 0.2) is 0 Å². The van der Waals surface area contributed by atoms with Crippen LogP contribution in [0.2, 0.25) is 19.6 Å². The van der Waals surface area contributed by atoms with Gasteiger partial charge in [-0.05, 0) is 19.6 Å². The largest absolute Gasteiger partial charge is 0.415 e. The average Bonchev–Trinajstić information content (AvgIpc) is 1.85. The maximum atomic E-state index is 8.37. The molecule has 1 N–H and O–H groups in total. The van der Waals surface area contributed by atoms with Gasteiger partial charge in [-0.3, -0.25) is 0 Å². The molecule has 4 heteroatoms. The highest BCUT2D eigenvalue weighted by atomic mass is 28.4. The van der Waals surface area contributed by atoms with E-state index in [-0.39, 0.29) is 6.61 Å². The molecule has 0 aliphatic rings. The van der Waals surface area contributed by atoms with Crippen LogP contribution in [0.3, 0.4) is 0 Å². The molecule has 0 aromatic heterocycles. The summed E-state index contributed by atoms with van der Waals surface area (Å²) < 4.78 is 10.5. The molecule has 0 fully saturated rings. The molecule has 0 bridgehead atoms. The first-order chi connectivity index (χ1) is 5.06. The van der Waals surface area contributed by atoms with E-state index in [1.807, 2.05) is 0 Å². The summed E-state index contributed by atoms with van der Waals surface area (Å²) in [5.74, 6) is 0. The van der Waals surface area contributed by atoms with Gasteiger partial charge < -0.3 is 14.3 Å². The lowest BCUT2D eigenvalue weighted by Crippen LogP contribution is -2.27. The lowest BCUT2D eigenvalue weighted by atomic mass is 10.7. The minimum Gasteiger partial charge on any atom is -0.415 e. The molecule has 11 heavy (non-hydrogen) atoms. The second kappa shape index (κ2) is 5.71. The van der Waals surface area contributed by atoms with E-state index >= 15 is 0 Å². The van der Waals surface area contributed by atoms with Crippen molar-refractivity contribution < 1.29 is 14.3 Å². The predicted molar refractivity (Wildman–Crippen MR) is 47.2 cm³/mol. The molecule has 0 aromatic carbocycles. The van der Waals surface area contributed by atoms with Crippen molar-refractivity contribution in [1.82, 2.24) is 0 Å². The zero-order valence-corrected chi connectivity index (χ0v) is 8.59. The molecule has 0 heterocycles.